The molecule has 2 aliphatic rings. The molecule has 0 amide bonds. The number of hydrogen-bond donors (Lipinski definition) is 2. The molecule has 0 aliphatic carbocycles. The SMILES string of the molecule is CN=C(NCCc1cc(C)ccc1OC)NCC1(N2CCCC2)CCOCC1.I. The normalized spacial score (nSPS) is 19.5. The van der Waals surface area contributed by atoms with Crippen molar-refractivity contribution >= 4 is 29.9 Å². The zero-order valence-electron chi connectivity index (χ0n) is 18.1. The molecule has 3 rings (SSSR count). The predicted molar refractivity (Wildman–Crippen MR) is 130 cm³/mol. The van der Waals surface area contributed by atoms with Gasteiger partial charge in [0.2, 0.25) is 0 Å². The summed E-state index contributed by atoms with van der Waals surface area (Å²) in [5.74, 6) is 1.82. The van der Waals surface area contributed by atoms with E-state index in [1.165, 1.54) is 37.1 Å². The molecule has 0 radical (unpaired) electrons. The van der Waals surface area contributed by atoms with Crippen LogP contribution in [0, 0.1) is 6.92 Å². The molecular formula is C22H37IN4O2. The quantitative estimate of drug-likeness (QED) is 0.332. The van der Waals surface area contributed by atoms with E-state index in [0.717, 1.165) is 57.3 Å². The number of hydrogen-bond acceptors (Lipinski definition) is 4. The lowest BCUT2D eigenvalue weighted by molar-refractivity contribution is -0.0164. The van der Waals surface area contributed by atoms with E-state index >= 15 is 0 Å². The second kappa shape index (κ2) is 12.0. The summed E-state index contributed by atoms with van der Waals surface area (Å²) in [7, 11) is 3.57. The van der Waals surface area contributed by atoms with Gasteiger partial charge >= 0.3 is 0 Å². The molecule has 6 nitrogen and oxygen atoms in total. The molecule has 2 heterocycles. The number of nitrogens with one attached hydrogen (secondary N) is 2. The third kappa shape index (κ3) is 6.46. The van der Waals surface area contributed by atoms with Gasteiger partial charge in [-0.05, 0) is 63.7 Å². The van der Waals surface area contributed by atoms with Crippen LogP contribution in [-0.4, -0.2) is 69.9 Å². The third-order valence-corrected chi connectivity index (χ3v) is 6.13. The number of likely N-dealkylation sites (tertiary alicyclic amines) is 1. The number of nitrogens with zero attached hydrogens (tertiary/aromatic N) is 2. The number of rotatable bonds is 7. The minimum absolute atomic E-state index is 0. The van der Waals surface area contributed by atoms with Crippen LogP contribution in [0.15, 0.2) is 23.2 Å². The summed E-state index contributed by atoms with van der Waals surface area (Å²) < 4.78 is 11.1. The highest BCUT2D eigenvalue weighted by Crippen LogP contribution is 2.30. The fourth-order valence-corrected chi connectivity index (χ4v) is 4.43. The minimum Gasteiger partial charge on any atom is -0.496 e. The van der Waals surface area contributed by atoms with Crippen molar-refractivity contribution in [1.82, 2.24) is 15.5 Å². The largest absolute Gasteiger partial charge is 0.496 e. The van der Waals surface area contributed by atoms with Gasteiger partial charge in [-0.15, -0.1) is 24.0 Å². The second-order valence-corrected chi connectivity index (χ2v) is 7.95. The van der Waals surface area contributed by atoms with Gasteiger partial charge < -0.3 is 20.1 Å². The molecule has 164 valence electrons. The van der Waals surface area contributed by atoms with Gasteiger partial charge in [-0.3, -0.25) is 9.89 Å². The van der Waals surface area contributed by atoms with Gasteiger partial charge in [0.1, 0.15) is 5.75 Å². The van der Waals surface area contributed by atoms with Crippen molar-refractivity contribution < 1.29 is 9.47 Å². The Morgan fingerprint density at radius 2 is 1.93 bits per heavy atom. The lowest BCUT2D eigenvalue weighted by Crippen LogP contribution is -2.58. The highest BCUT2D eigenvalue weighted by atomic mass is 127. The lowest BCUT2D eigenvalue weighted by Gasteiger charge is -2.45. The third-order valence-electron chi connectivity index (χ3n) is 6.13. The molecule has 0 atom stereocenters. The highest BCUT2D eigenvalue weighted by Gasteiger charge is 2.39. The smallest absolute Gasteiger partial charge is 0.191 e. The molecule has 0 saturated carbocycles. The summed E-state index contributed by atoms with van der Waals surface area (Å²) >= 11 is 0. The zero-order valence-corrected chi connectivity index (χ0v) is 20.5. The second-order valence-electron chi connectivity index (χ2n) is 7.95. The van der Waals surface area contributed by atoms with Gasteiger partial charge in [-0.2, -0.15) is 0 Å². The summed E-state index contributed by atoms with van der Waals surface area (Å²) in [6.07, 6.45) is 5.72. The van der Waals surface area contributed by atoms with Gasteiger partial charge in [-0.25, -0.2) is 0 Å². The molecule has 1 aromatic carbocycles. The maximum absolute atomic E-state index is 5.65. The number of aliphatic imine (C=N–C) groups is 1. The van der Waals surface area contributed by atoms with E-state index in [0.29, 0.717) is 0 Å². The van der Waals surface area contributed by atoms with Crippen molar-refractivity contribution in [1.29, 1.82) is 0 Å². The number of guanidine groups is 1. The van der Waals surface area contributed by atoms with Crippen LogP contribution >= 0.6 is 24.0 Å². The number of ether oxygens (including phenoxy) is 2. The van der Waals surface area contributed by atoms with E-state index in [1.807, 2.05) is 13.1 Å². The van der Waals surface area contributed by atoms with E-state index < -0.39 is 0 Å². The first-order valence-electron chi connectivity index (χ1n) is 10.6. The van der Waals surface area contributed by atoms with Crippen LogP contribution in [-0.2, 0) is 11.2 Å². The Morgan fingerprint density at radius 3 is 2.59 bits per heavy atom. The van der Waals surface area contributed by atoms with Gasteiger partial charge in [0.15, 0.2) is 5.96 Å². The molecular weight excluding hydrogens is 479 g/mol. The van der Waals surface area contributed by atoms with E-state index in [2.05, 4.69) is 39.6 Å². The molecule has 2 fully saturated rings. The molecule has 0 spiro atoms. The lowest BCUT2D eigenvalue weighted by atomic mass is 9.88. The summed E-state index contributed by atoms with van der Waals surface area (Å²) in [5, 5.41) is 7.06. The Balaban J connectivity index is 0.00000300. The Labute approximate surface area is 192 Å². The molecule has 2 aliphatic heterocycles. The van der Waals surface area contributed by atoms with Gasteiger partial charge in [0.25, 0.3) is 0 Å². The van der Waals surface area contributed by atoms with E-state index in [4.69, 9.17) is 9.47 Å². The molecule has 7 heteroatoms. The standard InChI is InChI=1S/C22H36N4O2.HI/c1-18-6-7-20(27-3)19(16-18)8-11-24-21(23-2)25-17-22(9-14-28-15-10-22)26-12-4-5-13-26;/h6-7,16H,4-5,8-15,17H2,1-3H3,(H2,23,24,25);1H. The number of aryl methyl sites for hydroxylation is 1. The monoisotopic (exact) mass is 516 g/mol. The van der Waals surface area contributed by atoms with Crippen molar-refractivity contribution in [3.8, 4) is 5.75 Å². The number of methoxy groups -OCH3 is 1. The van der Waals surface area contributed by atoms with Crippen LogP contribution in [0.4, 0.5) is 0 Å². The topological polar surface area (TPSA) is 58.1 Å². The maximum atomic E-state index is 5.65. The molecule has 0 aromatic heterocycles. The van der Waals surface area contributed by atoms with Crippen LogP contribution in [0.2, 0.25) is 0 Å². The molecule has 0 unspecified atom stereocenters. The zero-order chi connectivity index (χ0) is 19.8. The van der Waals surface area contributed by atoms with Crippen LogP contribution in [0.5, 0.6) is 5.75 Å². The highest BCUT2D eigenvalue weighted by molar-refractivity contribution is 14.0. The first-order chi connectivity index (χ1) is 13.7. The van der Waals surface area contributed by atoms with Crippen molar-refractivity contribution in [2.45, 2.75) is 44.6 Å². The molecule has 1 aromatic rings. The molecule has 2 saturated heterocycles. The number of benzene rings is 1. The van der Waals surface area contributed by atoms with Crippen molar-refractivity contribution in [3.05, 3.63) is 29.3 Å². The van der Waals surface area contributed by atoms with E-state index in [-0.39, 0.29) is 29.5 Å². The Bertz CT molecular complexity index is 656. The van der Waals surface area contributed by atoms with Crippen LogP contribution in [0.1, 0.15) is 36.8 Å². The van der Waals surface area contributed by atoms with Gasteiger partial charge in [-0.1, -0.05) is 17.7 Å². The van der Waals surface area contributed by atoms with E-state index in [9.17, 15) is 0 Å². The van der Waals surface area contributed by atoms with Crippen molar-refractivity contribution in [3.63, 3.8) is 0 Å². The predicted octanol–water partition coefficient (Wildman–Crippen LogP) is 2.97. The van der Waals surface area contributed by atoms with Crippen molar-refractivity contribution in [2.24, 2.45) is 4.99 Å². The minimum atomic E-state index is 0. The summed E-state index contributed by atoms with van der Waals surface area (Å²) in [6.45, 7) is 7.99. The first-order valence-corrected chi connectivity index (χ1v) is 10.6. The maximum Gasteiger partial charge on any atom is 0.191 e. The van der Waals surface area contributed by atoms with Crippen LogP contribution in [0.25, 0.3) is 0 Å². The Morgan fingerprint density at radius 1 is 1.21 bits per heavy atom. The fraction of sp³-hybridized carbons (Fsp3) is 0.682. The Kier molecular flexibility index (Phi) is 9.98. The average molecular weight is 516 g/mol. The average Bonchev–Trinajstić information content (AvgIpc) is 3.27. The summed E-state index contributed by atoms with van der Waals surface area (Å²) in [6, 6.07) is 6.33. The van der Waals surface area contributed by atoms with Gasteiger partial charge in [0.05, 0.1) is 7.11 Å². The molecule has 29 heavy (non-hydrogen) atoms. The summed E-state index contributed by atoms with van der Waals surface area (Å²) in [4.78, 5) is 7.11. The molecule has 2 N–H and O–H groups in total. The van der Waals surface area contributed by atoms with Gasteiger partial charge in [0, 0.05) is 38.9 Å². The van der Waals surface area contributed by atoms with Crippen LogP contribution < -0.4 is 15.4 Å². The Hall–Kier alpha value is -1.06. The van der Waals surface area contributed by atoms with Crippen LogP contribution in [0.3, 0.4) is 0 Å². The fourth-order valence-electron chi connectivity index (χ4n) is 4.43. The van der Waals surface area contributed by atoms with E-state index in [1.54, 1.807) is 7.11 Å². The van der Waals surface area contributed by atoms with Crippen molar-refractivity contribution in [2.75, 3.05) is 53.6 Å². The first kappa shape index (κ1) is 24.2. The molecule has 0 bridgehead atoms. The number of halogens is 1. The summed E-state index contributed by atoms with van der Waals surface area (Å²) in [5.41, 5.74) is 2.68.